The third-order valence-electron chi connectivity index (χ3n) is 3.51. The molecule has 21 heavy (non-hydrogen) atoms. The normalized spacial score (nSPS) is 19.7. The van der Waals surface area contributed by atoms with E-state index in [-0.39, 0.29) is 12.2 Å². The molecule has 0 aliphatic carbocycles. The predicted octanol–water partition coefficient (Wildman–Crippen LogP) is -0.0201. The molecule has 0 spiro atoms. The number of ether oxygens (including phenoxy) is 1. The summed E-state index contributed by atoms with van der Waals surface area (Å²) in [5.41, 5.74) is 0.954. The average molecular weight is 289 g/mol. The summed E-state index contributed by atoms with van der Waals surface area (Å²) in [7, 11) is 0. The van der Waals surface area contributed by atoms with Gasteiger partial charge in [0.25, 0.3) is 5.56 Å². The highest BCUT2D eigenvalue weighted by atomic mass is 16.5. The van der Waals surface area contributed by atoms with Crippen LogP contribution in [0.3, 0.4) is 0 Å². The van der Waals surface area contributed by atoms with Gasteiger partial charge in [0.1, 0.15) is 11.7 Å². The Labute approximate surface area is 120 Å². The van der Waals surface area contributed by atoms with Crippen molar-refractivity contribution in [3.05, 3.63) is 46.5 Å². The average Bonchev–Trinajstić information content (AvgIpc) is 2.47. The summed E-state index contributed by atoms with van der Waals surface area (Å²) in [5, 5.41) is 9.21. The van der Waals surface area contributed by atoms with Gasteiger partial charge in [0, 0.05) is 25.4 Å². The number of morpholine rings is 1. The summed E-state index contributed by atoms with van der Waals surface area (Å²) in [6, 6.07) is 6.06. The summed E-state index contributed by atoms with van der Waals surface area (Å²) in [5.74, 6) is -0.924. The van der Waals surface area contributed by atoms with Crippen molar-refractivity contribution in [1.29, 1.82) is 0 Å². The minimum Gasteiger partial charge on any atom is -0.480 e. The van der Waals surface area contributed by atoms with Gasteiger partial charge in [0.2, 0.25) is 0 Å². The van der Waals surface area contributed by atoms with Crippen molar-refractivity contribution in [3.8, 4) is 0 Å². The van der Waals surface area contributed by atoms with Crippen LogP contribution in [0.2, 0.25) is 0 Å². The maximum atomic E-state index is 12.0. The molecular weight excluding hydrogens is 274 g/mol. The molecule has 1 saturated heterocycles. The van der Waals surface area contributed by atoms with E-state index in [0.717, 1.165) is 0 Å². The number of carboxylic acids is 1. The van der Waals surface area contributed by atoms with E-state index < -0.39 is 12.0 Å². The third-order valence-corrected chi connectivity index (χ3v) is 3.51. The van der Waals surface area contributed by atoms with Gasteiger partial charge in [-0.25, -0.2) is 4.98 Å². The first-order valence-corrected chi connectivity index (χ1v) is 6.67. The van der Waals surface area contributed by atoms with Gasteiger partial charge in [-0.3, -0.25) is 18.9 Å². The molecule has 3 heterocycles. The number of hydrogen-bond acceptors (Lipinski definition) is 5. The lowest BCUT2D eigenvalue weighted by Gasteiger charge is -2.32. The topological polar surface area (TPSA) is 84.1 Å². The summed E-state index contributed by atoms with van der Waals surface area (Å²) in [6.45, 7) is 1.46. The SMILES string of the molecule is O=C(O)C1COCCN1Cc1cc(=O)n2ccccc2n1. The molecule has 7 heteroatoms. The van der Waals surface area contributed by atoms with E-state index >= 15 is 0 Å². The lowest BCUT2D eigenvalue weighted by molar-refractivity contribution is -0.150. The lowest BCUT2D eigenvalue weighted by atomic mass is 10.2. The summed E-state index contributed by atoms with van der Waals surface area (Å²) in [4.78, 5) is 29.4. The maximum absolute atomic E-state index is 12.0. The first-order valence-electron chi connectivity index (χ1n) is 6.67. The van der Waals surface area contributed by atoms with E-state index in [1.807, 2.05) is 0 Å². The van der Waals surface area contributed by atoms with E-state index in [0.29, 0.717) is 31.0 Å². The Morgan fingerprint density at radius 1 is 1.48 bits per heavy atom. The Kier molecular flexibility index (Phi) is 3.68. The number of nitrogens with zero attached hydrogens (tertiary/aromatic N) is 3. The molecule has 0 bridgehead atoms. The molecule has 0 saturated carbocycles. The molecule has 0 radical (unpaired) electrons. The van der Waals surface area contributed by atoms with E-state index in [2.05, 4.69) is 4.98 Å². The van der Waals surface area contributed by atoms with Crippen LogP contribution in [0.1, 0.15) is 5.69 Å². The van der Waals surface area contributed by atoms with Crippen LogP contribution in [0.5, 0.6) is 0 Å². The molecule has 2 aromatic heterocycles. The Morgan fingerprint density at radius 3 is 3.14 bits per heavy atom. The molecule has 1 unspecified atom stereocenters. The van der Waals surface area contributed by atoms with Crippen molar-refractivity contribution in [2.75, 3.05) is 19.8 Å². The van der Waals surface area contributed by atoms with Gasteiger partial charge in [0.15, 0.2) is 0 Å². The molecule has 3 rings (SSSR count). The van der Waals surface area contributed by atoms with Crippen LogP contribution in [-0.2, 0) is 16.1 Å². The van der Waals surface area contributed by atoms with Crippen molar-refractivity contribution in [1.82, 2.24) is 14.3 Å². The highest BCUT2D eigenvalue weighted by Crippen LogP contribution is 2.11. The van der Waals surface area contributed by atoms with Gasteiger partial charge in [-0.2, -0.15) is 0 Å². The third kappa shape index (κ3) is 2.79. The second-order valence-electron chi connectivity index (χ2n) is 4.91. The second-order valence-corrected chi connectivity index (χ2v) is 4.91. The van der Waals surface area contributed by atoms with Crippen LogP contribution in [0, 0.1) is 0 Å². The molecule has 1 N–H and O–H groups in total. The predicted molar refractivity (Wildman–Crippen MR) is 74.1 cm³/mol. The van der Waals surface area contributed by atoms with Gasteiger partial charge in [-0.1, -0.05) is 6.07 Å². The van der Waals surface area contributed by atoms with Gasteiger partial charge in [-0.15, -0.1) is 0 Å². The molecule has 1 atom stereocenters. The molecule has 1 aliphatic rings. The monoisotopic (exact) mass is 289 g/mol. The first-order chi connectivity index (χ1) is 10.1. The molecule has 2 aromatic rings. The maximum Gasteiger partial charge on any atom is 0.323 e. The van der Waals surface area contributed by atoms with Crippen molar-refractivity contribution < 1.29 is 14.6 Å². The van der Waals surface area contributed by atoms with Gasteiger partial charge in [0.05, 0.1) is 18.9 Å². The fourth-order valence-corrected chi connectivity index (χ4v) is 2.45. The van der Waals surface area contributed by atoms with Crippen molar-refractivity contribution in [2.45, 2.75) is 12.6 Å². The first kappa shape index (κ1) is 13.7. The van der Waals surface area contributed by atoms with Gasteiger partial charge < -0.3 is 9.84 Å². The lowest BCUT2D eigenvalue weighted by Crippen LogP contribution is -2.49. The number of rotatable bonds is 3. The highest BCUT2D eigenvalue weighted by Gasteiger charge is 2.29. The Morgan fingerprint density at radius 2 is 2.33 bits per heavy atom. The number of pyridine rings is 1. The van der Waals surface area contributed by atoms with E-state index in [1.165, 1.54) is 10.5 Å². The Bertz CT molecular complexity index is 727. The minimum atomic E-state index is -0.924. The number of fused-ring (bicyclic) bond motifs is 1. The Hall–Kier alpha value is -2.25. The van der Waals surface area contributed by atoms with Gasteiger partial charge in [-0.05, 0) is 12.1 Å². The van der Waals surface area contributed by atoms with Crippen LogP contribution in [0.25, 0.3) is 5.65 Å². The summed E-state index contributed by atoms with van der Waals surface area (Å²) < 4.78 is 6.65. The zero-order valence-corrected chi connectivity index (χ0v) is 11.3. The number of aromatic nitrogens is 2. The molecular formula is C14H15N3O4. The minimum absolute atomic E-state index is 0.155. The van der Waals surface area contributed by atoms with Crippen LogP contribution in [0.15, 0.2) is 35.3 Å². The highest BCUT2D eigenvalue weighted by molar-refractivity contribution is 5.73. The second kappa shape index (κ2) is 5.63. The summed E-state index contributed by atoms with van der Waals surface area (Å²) in [6.07, 6.45) is 1.66. The zero-order valence-electron chi connectivity index (χ0n) is 11.3. The largest absolute Gasteiger partial charge is 0.480 e. The fraction of sp³-hybridized carbons (Fsp3) is 0.357. The van der Waals surface area contributed by atoms with Crippen LogP contribution in [0.4, 0.5) is 0 Å². The number of carboxylic acid groups (broad SMARTS) is 1. The van der Waals surface area contributed by atoms with Gasteiger partial charge >= 0.3 is 5.97 Å². The number of hydrogen-bond donors (Lipinski definition) is 1. The smallest absolute Gasteiger partial charge is 0.323 e. The van der Waals surface area contributed by atoms with Crippen LogP contribution >= 0.6 is 0 Å². The standard InChI is InChI=1S/C14H15N3O4/c18-13-7-10(15-12-3-1-2-4-17(12)13)8-16-5-6-21-9-11(16)14(19)20/h1-4,7,11H,5-6,8-9H2,(H,19,20). The van der Waals surface area contributed by atoms with E-state index in [1.54, 1.807) is 29.3 Å². The molecule has 0 amide bonds. The zero-order chi connectivity index (χ0) is 14.8. The van der Waals surface area contributed by atoms with E-state index in [4.69, 9.17) is 4.74 Å². The number of carbonyl (C=O) groups is 1. The van der Waals surface area contributed by atoms with Crippen LogP contribution in [-0.4, -0.2) is 51.2 Å². The van der Waals surface area contributed by atoms with Crippen molar-refractivity contribution >= 4 is 11.6 Å². The van der Waals surface area contributed by atoms with Crippen molar-refractivity contribution in [2.24, 2.45) is 0 Å². The number of aliphatic carboxylic acids is 1. The fourth-order valence-electron chi connectivity index (χ4n) is 2.45. The quantitative estimate of drug-likeness (QED) is 0.855. The molecule has 7 nitrogen and oxygen atoms in total. The molecule has 1 aliphatic heterocycles. The molecule has 110 valence electrons. The summed E-state index contributed by atoms with van der Waals surface area (Å²) >= 11 is 0. The van der Waals surface area contributed by atoms with Crippen molar-refractivity contribution in [3.63, 3.8) is 0 Å². The molecule has 1 fully saturated rings. The van der Waals surface area contributed by atoms with Crippen LogP contribution < -0.4 is 5.56 Å². The molecule has 0 aromatic carbocycles. The Balaban J connectivity index is 1.90. The van der Waals surface area contributed by atoms with E-state index in [9.17, 15) is 14.7 Å².